The molecule has 5 atom stereocenters. The first-order valence-corrected chi connectivity index (χ1v) is 7.35. The number of rotatable bonds is 8. The fourth-order valence-electron chi connectivity index (χ4n) is 2.96. The molecule has 0 aromatic rings. The Bertz CT molecular complexity index is 413. The molecule has 1 aliphatic heterocycles. The molecule has 7 heteroatoms. The van der Waals surface area contributed by atoms with Crippen molar-refractivity contribution < 1.29 is 24.2 Å². The summed E-state index contributed by atoms with van der Waals surface area (Å²) >= 11 is 0. The van der Waals surface area contributed by atoms with Crippen molar-refractivity contribution in [2.75, 3.05) is 20.8 Å². The van der Waals surface area contributed by atoms with Crippen LogP contribution in [0.5, 0.6) is 0 Å². The maximum atomic E-state index is 11.5. The maximum Gasteiger partial charge on any atom is 0.320 e. The summed E-state index contributed by atoms with van der Waals surface area (Å²) in [6, 6.07) is -1.25. The summed E-state index contributed by atoms with van der Waals surface area (Å²) in [6.07, 6.45) is 3.97. The number of amides is 1. The summed E-state index contributed by atoms with van der Waals surface area (Å²) < 4.78 is 10.6. The number of ether oxygens (including phenoxy) is 2. The Morgan fingerprint density at radius 1 is 1.45 bits per heavy atom. The summed E-state index contributed by atoms with van der Waals surface area (Å²) in [7, 11) is 3.11. The van der Waals surface area contributed by atoms with Crippen LogP contribution in [0.3, 0.4) is 0 Å². The minimum Gasteiger partial charge on any atom is -0.480 e. The summed E-state index contributed by atoms with van der Waals surface area (Å²) in [4.78, 5) is 22.8. The molecular weight excluding hydrogens is 288 g/mol. The van der Waals surface area contributed by atoms with E-state index in [0.717, 1.165) is 0 Å². The first-order chi connectivity index (χ1) is 10.4. The predicted molar refractivity (Wildman–Crippen MR) is 81.5 cm³/mol. The van der Waals surface area contributed by atoms with Crippen molar-refractivity contribution in [1.29, 1.82) is 0 Å². The van der Waals surface area contributed by atoms with Gasteiger partial charge >= 0.3 is 5.97 Å². The Kier molecular flexibility index (Phi) is 7.50. The van der Waals surface area contributed by atoms with E-state index in [1.54, 1.807) is 14.2 Å². The largest absolute Gasteiger partial charge is 0.480 e. The second-order valence-electron chi connectivity index (χ2n) is 5.46. The number of hydrogen-bond acceptors (Lipinski definition) is 5. The molecule has 1 fully saturated rings. The molecule has 0 aromatic heterocycles. The first-order valence-electron chi connectivity index (χ1n) is 7.35. The fourth-order valence-corrected chi connectivity index (χ4v) is 2.96. The molecule has 0 aliphatic carbocycles. The fraction of sp³-hybridized carbons (Fsp3) is 0.733. The molecule has 0 unspecified atom stereocenters. The highest BCUT2D eigenvalue weighted by molar-refractivity contribution is 5.75. The molecule has 0 radical (unpaired) electrons. The van der Waals surface area contributed by atoms with Gasteiger partial charge in [0.1, 0.15) is 12.1 Å². The number of methoxy groups -OCH3 is 2. The lowest BCUT2D eigenvalue weighted by atomic mass is 9.90. The number of carbonyl (C=O) groups is 2. The van der Waals surface area contributed by atoms with E-state index in [1.807, 2.05) is 19.1 Å². The predicted octanol–water partition coefficient (Wildman–Crippen LogP) is 0.160. The number of carboxylic acid groups (broad SMARTS) is 1. The van der Waals surface area contributed by atoms with Crippen molar-refractivity contribution in [2.45, 2.75) is 44.5 Å². The van der Waals surface area contributed by atoms with Crippen molar-refractivity contribution in [3.8, 4) is 0 Å². The monoisotopic (exact) mass is 314 g/mol. The van der Waals surface area contributed by atoms with E-state index in [1.165, 1.54) is 6.92 Å². The molecule has 3 N–H and O–H groups in total. The van der Waals surface area contributed by atoms with Crippen molar-refractivity contribution in [2.24, 2.45) is 5.92 Å². The van der Waals surface area contributed by atoms with E-state index in [2.05, 4.69) is 10.6 Å². The molecule has 22 heavy (non-hydrogen) atoms. The van der Waals surface area contributed by atoms with Gasteiger partial charge in [-0.05, 0) is 19.3 Å². The summed E-state index contributed by atoms with van der Waals surface area (Å²) in [5.41, 5.74) is 0. The Morgan fingerprint density at radius 3 is 2.59 bits per heavy atom. The Balaban J connectivity index is 3.02. The summed E-state index contributed by atoms with van der Waals surface area (Å²) in [6.45, 7) is 3.63. The average Bonchev–Trinajstić information content (AvgIpc) is 2.87. The van der Waals surface area contributed by atoms with E-state index in [0.29, 0.717) is 13.0 Å². The normalized spacial score (nSPS) is 27.7. The minimum absolute atomic E-state index is 0.00236. The first kappa shape index (κ1) is 18.6. The van der Waals surface area contributed by atoms with E-state index in [4.69, 9.17) is 9.47 Å². The highest BCUT2D eigenvalue weighted by atomic mass is 16.5. The van der Waals surface area contributed by atoms with Crippen LogP contribution in [0.2, 0.25) is 0 Å². The number of nitrogens with one attached hydrogen (secondary N) is 2. The van der Waals surface area contributed by atoms with Gasteiger partial charge in [-0.25, -0.2) is 0 Å². The number of allylic oxidation sites excluding steroid dienone is 1. The van der Waals surface area contributed by atoms with Gasteiger partial charge in [-0.2, -0.15) is 0 Å². The Hall–Kier alpha value is -1.44. The van der Waals surface area contributed by atoms with Crippen molar-refractivity contribution in [3.05, 3.63) is 12.2 Å². The van der Waals surface area contributed by atoms with Crippen LogP contribution >= 0.6 is 0 Å². The number of carbonyl (C=O) groups excluding carboxylic acids is 1. The van der Waals surface area contributed by atoms with Crippen molar-refractivity contribution >= 4 is 11.9 Å². The third kappa shape index (κ3) is 4.79. The number of aliphatic carboxylic acids is 1. The SMILES string of the molecule is C/C=C\[C@@H]1C[C@H](C(=O)O)N[C@H]1[C@@H](NC(C)=O)[C@H](COC)OC. The molecule has 1 aliphatic rings. The zero-order valence-electron chi connectivity index (χ0n) is 13.5. The van der Waals surface area contributed by atoms with E-state index in [9.17, 15) is 14.7 Å². The second-order valence-corrected chi connectivity index (χ2v) is 5.46. The molecule has 1 rings (SSSR count). The van der Waals surface area contributed by atoms with Crippen LogP contribution in [0.1, 0.15) is 20.3 Å². The third-order valence-electron chi connectivity index (χ3n) is 3.89. The molecule has 0 spiro atoms. The van der Waals surface area contributed by atoms with Crippen LogP contribution in [0.15, 0.2) is 12.2 Å². The van der Waals surface area contributed by atoms with Gasteiger partial charge in [0.2, 0.25) is 5.91 Å². The third-order valence-corrected chi connectivity index (χ3v) is 3.89. The van der Waals surface area contributed by atoms with Gasteiger partial charge in [-0.1, -0.05) is 12.2 Å². The average molecular weight is 314 g/mol. The van der Waals surface area contributed by atoms with Crippen LogP contribution in [-0.2, 0) is 19.1 Å². The standard InChI is InChI=1S/C15H26N2O5/c1-5-6-10-7-11(15(19)20)17-13(10)14(16-9(2)18)12(22-4)8-21-3/h5-6,10-14,17H,7-8H2,1-4H3,(H,16,18)(H,19,20)/b6-5-/t10-,11-,12+,13-,14+/m1/s1. The maximum absolute atomic E-state index is 11.5. The van der Waals surface area contributed by atoms with Gasteiger partial charge in [0.05, 0.1) is 12.6 Å². The second kappa shape index (κ2) is 8.87. The molecule has 1 amide bonds. The molecule has 1 heterocycles. The van der Waals surface area contributed by atoms with Crippen molar-refractivity contribution in [1.82, 2.24) is 10.6 Å². The minimum atomic E-state index is -0.890. The van der Waals surface area contributed by atoms with Crippen LogP contribution in [0.25, 0.3) is 0 Å². The van der Waals surface area contributed by atoms with Gasteiger partial charge in [0, 0.05) is 27.2 Å². The number of hydrogen-bond donors (Lipinski definition) is 3. The smallest absolute Gasteiger partial charge is 0.320 e. The lowest BCUT2D eigenvalue weighted by molar-refractivity contribution is -0.139. The van der Waals surface area contributed by atoms with Crippen LogP contribution < -0.4 is 10.6 Å². The quantitative estimate of drug-likeness (QED) is 0.552. The summed E-state index contributed by atoms with van der Waals surface area (Å²) in [5, 5.41) is 15.2. The van der Waals surface area contributed by atoms with Crippen LogP contribution in [0.4, 0.5) is 0 Å². The van der Waals surface area contributed by atoms with E-state index < -0.39 is 12.0 Å². The van der Waals surface area contributed by atoms with Crippen LogP contribution in [0, 0.1) is 5.92 Å². The molecule has 0 bridgehead atoms. The molecule has 0 saturated carbocycles. The Morgan fingerprint density at radius 2 is 2.14 bits per heavy atom. The molecular formula is C15H26N2O5. The zero-order chi connectivity index (χ0) is 16.7. The topological polar surface area (TPSA) is 96.9 Å². The zero-order valence-corrected chi connectivity index (χ0v) is 13.5. The lowest BCUT2D eigenvalue weighted by Gasteiger charge is -2.33. The van der Waals surface area contributed by atoms with Gasteiger partial charge in [0.25, 0.3) is 0 Å². The Labute approximate surface area is 131 Å². The van der Waals surface area contributed by atoms with Crippen LogP contribution in [-0.4, -0.2) is 62.0 Å². The molecule has 126 valence electrons. The molecule has 0 aromatic carbocycles. The van der Waals surface area contributed by atoms with Crippen molar-refractivity contribution in [3.63, 3.8) is 0 Å². The van der Waals surface area contributed by atoms with Gasteiger partial charge in [-0.3, -0.25) is 14.9 Å². The van der Waals surface area contributed by atoms with E-state index >= 15 is 0 Å². The van der Waals surface area contributed by atoms with Gasteiger partial charge in [0.15, 0.2) is 0 Å². The molecule has 7 nitrogen and oxygen atoms in total. The lowest BCUT2D eigenvalue weighted by Crippen LogP contribution is -2.58. The summed E-state index contributed by atoms with van der Waals surface area (Å²) in [5.74, 6) is -1.08. The highest BCUT2D eigenvalue weighted by Crippen LogP contribution is 2.26. The highest BCUT2D eigenvalue weighted by Gasteiger charge is 2.43. The van der Waals surface area contributed by atoms with Gasteiger partial charge in [-0.15, -0.1) is 0 Å². The van der Waals surface area contributed by atoms with Gasteiger partial charge < -0.3 is 19.9 Å². The van der Waals surface area contributed by atoms with E-state index in [-0.39, 0.29) is 30.0 Å². The number of carboxylic acids is 1. The molecule has 1 saturated heterocycles.